The second-order valence-electron chi connectivity index (χ2n) is 10.9. The zero-order valence-corrected chi connectivity index (χ0v) is 23.7. The van der Waals surface area contributed by atoms with Crippen LogP contribution in [0.25, 0.3) is 10.8 Å². The van der Waals surface area contributed by atoms with Crippen LogP contribution in [-0.2, 0) is 27.2 Å². The summed E-state index contributed by atoms with van der Waals surface area (Å²) >= 11 is 0. The Morgan fingerprint density at radius 2 is 1.52 bits per heavy atom. The molecule has 3 amide bonds. The third-order valence-corrected chi connectivity index (χ3v) is 8.11. The van der Waals surface area contributed by atoms with Crippen molar-refractivity contribution in [2.24, 2.45) is 5.73 Å². The third kappa shape index (κ3) is 6.96. The van der Waals surface area contributed by atoms with Crippen molar-refractivity contribution in [3.05, 3.63) is 96.1 Å². The molecule has 1 aliphatic carbocycles. The summed E-state index contributed by atoms with van der Waals surface area (Å²) in [6, 6.07) is 22.2. The van der Waals surface area contributed by atoms with Crippen LogP contribution in [0.3, 0.4) is 0 Å². The van der Waals surface area contributed by atoms with Crippen molar-refractivity contribution < 1.29 is 14.4 Å². The molecular formula is C33H40N4O3. The van der Waals surface area contributed by atoms with Gasteiger partial charge in [0.1, 0.15) is 12.1 Å². The van der Waals surface area contributed by atoms with Gasteiger partial charge < -0.3 is 20.9 Å². The fourth-order valence-electron chi connectivity index (χ4n) is 5.28. The van der Waals surface area contributed by atoms with Gasteiger partial charge in [-0.1, -0.05) is 78.9 Å². The molecular weight excluding hydrogens is 500 g/mol. The zero-order valence-electron chi connectivity index (χ0n) is 23.7. The van der Waals surface area contributed by atoms with E-state index in [1.165, 1.54) is 15.9 Å². The van der Waals surface area contributed by atoms with Crippen LogP contribution in [0.15, 0.2) is 84.9 Å². The molecule has 7 nitrogen and oxygen atoms in total. The first-order valence-electron chi connectivity index (χ1n) is 13.9. The Labute approximate surface area is 237 Å². The lowest BCUT2D eigenvalue weighted by Crippen LogP contribution is -2.55. The smallest absolute Gasteiger partial charge is 0.246 e. The fraction of sp³-hybridized carbons (Fsp3) is 0.364. The highest BCUT2D eigenvalue weighted by molar-refractivity contribution is 5.95. The minimum Gasteiger partial charge on any atom is -0.357 e. The van der Waals surface area contributed by atoms with Gasteiger partial charge in [0.05, 0.1) is 0 Å². The van der Waals surface area contributed by atoms with Crippen molar-refractivity contribution >= 4 is 28.5 Å². The number of carbonyl (C=O) groups excluding carboxylic acids is 3. The molecule has 0 radical (unpaired) electrons. The van der Waals surface area contributed by atoms with Gasteiger partial charge in [0.25, 0.3) is 0 Å². The molecule has 0 spiro atoms. The van der Waals surface area contributed by atoms with E-state index in [-0.39, 0.29) is 23.3 Å². The Morgan fingerprint density at radius 3 is 2.17 bits per heavy atom. The molecule has 7 heteroatoms. The van der Waals surface area contributed by atoms with Crippen molar-refractivity contribution in [1.82, 2.24) is 15.1 Å². The summed E-state index contributed by atoms with van der Waals surface area (Å²) in [5, 5.41) is 4.87. The molecule has 4 rings (SSSR count). The van der Waals surface area contributed by atoms with Gasteiger partial charge in [-0.2, -0.15) is 0 Å². The molecule has 0 saturated heterocycles. The largest absolute Gasteiger partial charge is 0.357 e. The molecule has 0 unspecified atom stereocenters. The topological polar surface area (TPSA) is 95.7 Å². The second kappa shape index (κ2) is 12.9. The van der Waals surface area contributed by atoms with Gasteiger partial charge in [0.15, 0.2) is 0 Å². The summed E-state index contributed by atoms with van der Waals surface area (Å²) in [5.74, 6) is -0.821. The van der Waals surface area contributed by atoms with Crippen LogP contribution in [0.5, 0.6) is 0 Å². The predicted molar refractivity (Wildman–Crippen MR) is 160 cm³/mol. The number of carbonyl (C=O) groups is 3. The molecule has 210 valence electrons. The average molecular weight is 541 g/mol. The monoisotopic (exact) mass is 540 g/mol. The highest BCUT2D eigenvalue weighted by Gasteiger charge is 2.35. The van der Waals surface area contributed by atoms with Gasteiger partial charge in [-0.15, -0.1) is 0 Å². The van der Waals surface area contributed by atoms with Crippen LogP contribution in [0.1, 0.15) is 36.8 Å². The van der Waals surface area contributed by atoms with E-state index in [1.807, 2.05) is 72.8 Å². The van der Waals surface area contributed by atoms with Crippen LogP contribution in [-0.4, -0.2) is 66.3 Å². The lowest BCUT2D eigenvalue weighted by molar-refractivity contribution is -0.146. The molecule has 1 fully saturated rings. The van der Waals surface area contributed by atoms with E-state index >= 15 is 0 Å². The van der Waals surface area contributed by atoms with Crippen molar-refractivity contribution in [2.45, 2.75) is 56.1 Å². The first-order chi connectivity index (χ1) is 19.2. The maximum atomic E-state index is 14.1. The van der Waals surface area contributed by atoms with Crippen molar-refractivity contribution in [3.63, 3.8) is 0 Å². The second-order valence-corrected chi connectivity index (χ2v) is 10.9. The minimum absolute atomic E-state index is 0.228. The van der Waals surface area contributed by atoms with Crippen LogP contribution >= 0.6 is 0 Å². The normalized spacial score (nSPS) is 15.7. The summed E-state index contributed by atoms with van der Waals surface area (Å²) < 4.78 is 0. The molecule has 2 atom stereocenters. The summed E-state index contributed by atoms with van der Waals surface area (Å²) in [5.41, 5.74) is 7.98. The number of amides is 3. The number of nitrogens with one attached hydrogen (secondary N) is 1. The Balaban J connectivity index is 1.60. The number of hydrogen-bond acceptors (Lipinski definition) is 4. The molecule has 40 heavy (non-hydrogen) atoms. The van der Waals surface area contributed by atoms with E-state index in [4.69, 9.17) is 5.73 Å². The zero-order chi connectivity index (χ0) is 28.7. The van der Waals surface area contributed by atoms with Crippen LogP contribution < -0.4 is 11.1 Å². The van der Waals surface area contributed by atoms with Crippen LogP contribution in [0.4, 0.5) is 0 Å². The Kier molecular flexibility index (Phi) is 9.38. The lowest BCUT2D eigenvalue weighted by atomic mass is 9.75. The Morgan fingerprint density at radius 1 is 0.875 bits per heavy atom. The number of nitrogens with zero attached hydrogens (tertiary/aromatic N) is 2. The predicted octanol–water partition coefficient (Wildman–Crippen LogP) is 3.85. The van der Waals surface area contributed by atoms with Crippen molar-refractivity contribution in [2.75, 3.05) is 21.1 Å². The number of rotatable bonds is 11. The first kappa shape index (κ1) is 29.0. The molecule has 3 aromatic rings. The molecule has 3 aromatic carbocycles. The van der Waals surface area contributed by atoms with E-state index in [9.17, 15) is 14.4 Å². The van der Waals surface area contributed by atoms with E-state index in [1.54, 1.807) is 21.1 Å². The summed E-state index contributed by atoms with van der Waals surface area (Å²) in [4.78, 5) is 43.3. The number of hydrogen-bond donors (Lipinski definition) is 2. The molecule has 1 aliphatic rings. The standard InChI is InChI=1S/C33H40N4O3/c1-35-31(39)28(22-24-11-5-4-6-12-24)37(3)32(40)29(23-25-16-17-26-13-7-8-14-27(26)21-25)36(2)30(38)15-9-18-33(34)19-10-20-33/h4-9,11-17,21,28-29H,10,18-20,22-23,34H2,1-3H3,(H,35,39)/b15-9+/t28-,29-/m1/s1. The number of benzene rings is 3. The lowest BCUT2D eigenvalue weighted by Gasteiger charge is -2.37. The van der Waals surface area contributed by atoms with Gasteiger partial charge in [-0.05, 0) is 53.7 Å². The van der Waals surface area contributed by atoms with Gasteiger partial charge in [0, 0.05) is 39.5 Å². The Bertz CT molecular complexity index is 1370. The number of nitrogens with two attached hydrogens (primary N) is 1. The first-order valence-corrected chi connectivity index (χ1v) is 13.9. The Hall–Kier alpha value is -3.97. The summed E-state index contributed by atoms with van der Waals surface area (Å²) in [7, 11) is 4.86. The maximum Gasteiger partial charge on any atom is 0.246 e. The van der Waals surface area contributed by atoms with Crippen molar-refractivity contribution in [1.29, 1.82) is 0 Å². The third-order valence-electron chi connectivity index (χ3n) is 8.11. The van der Waals surface area contributed by atoms with Crippen LogP contribution in [0.2, 0.25) is 0 Å². The van der Waals surface area contributed by atoms with E-state index in [0.717, 1.165) is 41.2 Å². The molecule has 0 bridgehead atoms. The maximum absolute atomic E-state index is 14.1. The van der Waals surface area contributed by atoms with E-state index < -0.39 is 12.1 Å². The highest BCUT2D eigenvalue weighted by Crippen LogP contribution is 2.32. The summed E-state index contributed by atoms with van der Waals surface area (Å²) in [6.07, 6.45) is 7.68. The van der Waals surface area contributed by atoms with Gasteiger partial charge in [0.2, 0.25) is 17.7 Å². The molecule has 3 N–H and O–H groups in total. The average Bonchev–Trinajstić information content (AvgIpc) is 2.96. The van der Waals surface area contributed by atoms with Gasteiger partial charge in [-0.25, -0.2) is 0 Å². The number of likely N-dealkylation sites (N-methyl/N-ethyl adjacent to an activating group) is 3. The van der Waals surface area contributed by atoms with Gasteiger partial charge in [-0.3, -0.25) is 14.4 Å². The number of fused-ring (bicyclic) bond motifs is 1. The highest BCUT2D eigenvalue weighted by atomic mass is 16.2. The fourth-order valence-corrected chi connectivity index (χ4v) is 5.28. The molecule has 0 heterocycles. The van der Waals surface area contributed by atoms with E-state index in [2.05, 4.69) is 11.4 Å². The molecule has 1 saturated carbocycles. The minimum atomic E-state index is -0.804. The van der Waals surface area contributed by atoms with Gasteiger partial charge >= 0.3 is 0 Å². The molecule has 0 aromatic heterocycles. The SMILES string of the molecule is CNC(=O)[C@@H](Cc1ccccc1)N(C)C(=O)[C@@H](Cc1ccc2ccccc2c1)N(C)C(=O)/C=C/CC1(N)CCC1. The van der Waals surface area contributed by atoms with E-state index in [0.29, 0.717) is 19.3 Å². The van der Waals surface area contributed by atoms with Crippen molar-refractivity contribution in [3.8, 4) is 0 Å². The van der Waals surface area contributed by atoms with Crippen LogP contribution in [0, 0.1) is 0 Å². The quantitative estimate of drug-likeness (QED) is 0.361. The summed E-state index contributed by atoms with van der Waals surface area (Å²) in [6.45, 7) is 0. The molecule has 0 aliphatic heterocycles.